The maximum Gasteiger partial charge on any atom is 0.416 e. The van der Waals surface area contributed by atoms with Crippen molar-refractivity contribution in [3.63, 3.8) is 0 Å². The summed E-state index contributed by atoms with van der Waals surface area (Å²) in [6.07, 6.45) is -2.12. The number of piperazine rings is 1. The van der Waals surface area contributed by atoms with Crippen molar-refractivity contribution in [1.82, 2.24) is 9.88 Å². The van der Waals surface area contributed by atoms with Crippen LogP contribution in [-0.4, -0.2) is 49.1 Å². The molecule has 0 spiro atoms. The number of H-pyrrole nitrogens is 1. The van der Waals surface area contributed by atoms with Gasteiger partial charge in [-0.2, -0.15) is 13.2 Å². The van der Waals surface area contributed by atoms with E-state index in [4.69, 9.17) is 4.74 Å². The molecule has 1 atom stereocenters. The van der Waals surface area contributed by atoms with Crippen molar-refractivity contribution in [2.45, 2.75) is 18.5 Å². The van der Waals surface area contributed by atoms with Gasteiger partial charge in [0, 0.05) is 61.3 Å². The second kappa shape index (κ2) is 10.2. The van der Waals surface area contributed by atoms with Gasteiger partial charge in [-0.1, -0.05) is 36.4 Å². The number of fused-ring (bicyclic) bond motifs is 1. The number of benzene rings is 3. The SMILES string of the molecule is COc1ccc([C@@H](CC(=O)N2CCN(c3cccc(C(F)(F)F)c3)CC2)c2c[nH]c3ccccc23)cc1. The standard InChI is InChI=1S/C29H28F3N3O2/c1-37-23-11-9-20(10-12-23)25(26-19-33-27-8-3-2-7-24(26)27)18-28(36)35-15-13-34(14-16-35)22-6-4-5-21(17-22)29(30,31)32/h2-12,17,19,25,33H,13-16,18H2,1H3/t25-/m1/s1. The molecule has 1 N–H and O–H groups in total. The zero-order chi connectivity index (χ0) is 26.0. The molecule has 1 fully saturated rings. The molecule has 1 aromatic heterocycles. The molecule has 4 aromatic rings. The van der Waals surface area contributed by atoms with Crippen LogP contribution in [0, 0.1) is 0 Å². The molecular weight excluding hydrogens is 479 g/mol. The summed E-state index contributed by atoms with van der Waals surface area (Å²) in [5.41, 5.74) is 2.94. The number of hydrogen-bond acceptors (Lipinski definition) is 3. The van der Waals surface area contributed by atoms with Crippen LogP contribution in [0.3, 0.4) is 0 Å². The van der Waals surface area contributed by atoms with Crippen molar-refractivity contribution in [2.24, 2.45) is 0 Å². The van der Waals surface area contributed by atoms with Crippen LogP contribution in [0.5, 0.6) is 5.75 Å². The van der Waals surface area contributed by atoms with Gasteiger partial charge >= 0.3 is 6.18 Å². The van der Waals surface area contributed by atoms with Gasteiger partial charge < -0.3 is 19.5 Å². The lowest BCUT2D eigenvalue weighted by atomic mass is 9.87. The highest BCUT2D eigenvalue weighted by Gasteiger charge is 2.32. The summed E-state index contributed by atoms with van der Waals surface area (Å²) >= 11 is 0. The lowest BCUT2D eigenvalue weighted by Gasteiger charge is -2.37. The van der Waals surface area contributed by atoms with Gasteiger partial charge in [-0.15, -0.1) is 0 Å². The molecule has 0 saturated carbocycles. The molecular formula is C29H28F3N3O2. The number of aromatic amines is 1. The Morgan fingerprint density at radius 3 is 2.41 bits per heavy atom. The Morgan fingerprint density at radius 1 is 0.973 bits per heavy atom. The van der Waals surface area contributed by atoms with Crippen LogP contribution in [0.1, 0.15) is 29.0 Å². The first kappa shape index (κ1) is 24.7. The molecule has 1 aliphatic heterocycles. The van der Waals surface area contributed by atoms with E-state index < -0.39 is 11.7 Å². The largest absolute Gasteiger partial charge is 0.497 e. The van der Waals surface area contributed by atoms with Gasteiger partial charge in [0.05, 0.1) is 12.7 Å². The molecule has 0 aliphatic carbocycles. The van der Waals surface area contributed by atoms with Crippen LogP contribution in [-0.2, 0) is 11.0 Å². The minimum Gasteiger partial charge on any atom is -0.497 e. The highest BCUT2D eigenvalue weighted by molar-refractivity contribution is 5.86. The van der Waals surface area contributed by atoms with E-state index in [9.17, 15) is 18.0 Å². The van der Waals surface area contributed by atoms with Crippen LogP contribution in [0.4, 0.5) is 18.9 Å². The second-order valence-electron chi connectivity index (χ2n) is 9.24. The fourth-order valence-electron chi connectivity index (χ4n) is 5.02. The van der Waals surface area contributed by atoms with Crippen molar-refractivity contribution in [3.05, 3.63) is 95.7 Å². The summed E-state index contributed by atoms with van der Waals surface area (Å²) in [5, 5.41) is 1.07. The third kappa shape index (κ3) is 5.28. The number of anilines is 1. The summed E-state index contributed by atoms with van der Waals surface area (Å²) in [7, 11) is 1.62. The molecule has 8 heteroatoms. The summed E-state index contributed by atoms with van der Waals surface area (Å²) in [6.45, 7) is 1.87. The number of ether oxygens (including phenoxy) is 1. The number of hydrogen-bond donors (Lipinski definition) is 1. The first-order valence-corrected chi connectivity index (χ1v) is 12.2. The summed E-state index contributed by atoms with van der Waals surface area (Å²) in [6, 6.07) is 21.2. The Bertz CT molecular complexity index is 1370. The Labute approximate surface area is 213 Å². The average molecular weight is 508 g/mol. The van der Waals surface area contributed by atoms with Crippen LogP contribution in [0.15, 0.2) is 79.0 Å². The van der Waals surface area contributed by atoms with E-state index in [0.717, 1.165) is 33.8 Å². The number of rotatable bonds is 6. The number of aromatic nitrogens is 1. The highest BCUT2D eigenvalue weighted by Crippen LogP contribution is 2.35. The van der Waals surface area contributed by atoms with E-state index in [2.05, 4.69) is 11.1 Å². The monoisotopic (exact) mass is 507 g/mol. The number of amides is 1. The van der Waals surface area contributed by atoms with Crippen molar-refractivity contribution in [1.29, 1.82) is 0 Å². The van der Waals surface area contributed by atoms with Crippen LogP contribution < -0.4 is 9.64 Å². The molecule has 0 unspecified atom stereocenters. The maximum absolute atomic E-state index is 13.5. The van der Waals surface area contributed by atoms with Gasteiger partial charge in [0.2, 0.25) is 5.91 Å². The molecule has 1 saturated heterocycles. The maximum atomic E-state index is 13.5. The van der Waals surface area contributed by atoms with Crippen molar-refractivity contribution < 1.29 is 22.7 Å². The summed E-state index contributed by atoms with van der Waals surface area (Å²) in [4.78, 5) is 20.5. The zero-order valence-corrected chi connectivity index (χ0v) is 20.5. The molecule has 37 heavy (non-hydrogen) atoms. The number of nitrogens with one attached hydrogen (secondary N) is 1. The number of carbonyl (C=O) groups excluding carboxylic acids is 1. The fourth-order valence-corrected chi connectivity index (χ4v) is 5.02. The smallest absolute Gasteiger partial charge is 0.416 e. The lowest BCUT2D eigenvalue weighted by Crippen LogP contribution is -2.49. The second-order valence-corrected chi connectivity index (χ2v) is 9.24. The van der Waals surface area contributed by atoms with Crippen LogP contribution >= 0.6 is 0 Å². The molecule has 1 aliphatic rings. The van der Waals surface area contributed by atoms with Gasteiger partial charge in [0.25, 0.3) is 0 Å². The summed E-state index contributed by atoms with van der Waals surface area (Å²) in [5.74, 6) is 0.615. The first-order valence-electron chi connectivity index (χ1n) is 12.2. The first-order chi connectivity index (χ1) is 17.8. The number of para-hydroxylation sites is 1. The predicted octanol–water partition coefficient (Wildman–Crippen LogP) is 6.07. The molecule has 192 valence electrons. The predicted molar refractivity (Wildman–Crippen MR) is 138 cm³/mol. The molecule has 5 rings (SSSR count). The highest BCUT2D eigenvalue weighted by atomic mass is 19.4. The number of methoxy groups -OCH3 is 1. The minimum atomic E-state index is -4.38. The molecule has 3 aromatic carbocycles. The number of halogens is 3. The van der Waals surface area contributed by atoms with E-state index >= 15 is 0 Å². The van der Waals surface area contributed by atoms with E-state index in [1.54, 1.807) is 13.2 Å². The molecule has 5 nitrogen and oxygen atoms in total. The van der Waals surface area contributed by atoms with Crippen LogP contribution in [0.25, 0.3) is 10.9 Å². The number of carbonyl (C=O) groups is 1. The topological polar surface area (TPSA) is 48.6 Å². The summed E-state index contributed by atoms with van der Waals surface area (Å²) < 4.78 is 44.7. The third-order valence-electron chi connectivity index (χ3n) is 7.06. The zero-order valence-electron chi connectivity index (χ0n) is 20.5. The van der Waals surface area contributed by atoms with Crippen LogP contribution in [0.2, 0.25) is 0 Å². The molecule has 0 bridgehead atoms. The van der Waals surface area contributed by atoms with Gasteiger partial charge in [-0.25, -0.2) is 0 Å². The minimum absolute atomic E-state index is 0.0230. The molecule has 1 amide bonds. The van der Waals surface area contributed by atoms with Gasteiger partial charge in [0.1, 0.15) is 5.75 Å². The fraction of sp³-hybridized carbons (Fsp3) is 0.276. The number of nitrogens with zero attached hydrogens (tertiary/aromatic N) is 2. The Kier molecular flexibility index (Phi) is 6.82. The average Bonchev–Trinajstić information content (AvgIpc) is 3.35. The van der Waals surface area contributed by atoms with Crippen molar-refractivity contribution in [3.8, 4) is 5.75 Å². The van der Waals surface area contributed by atoms with E-state index in [1.165, 1.54) is 12.1 Å². The third-order valence-corrected chi connectivity index (χ3v) is 7.06. The normalized spacial score (nSPS) is 15.1. The Balaban J connectivity index is 1.33. The Morgan fingerprint density at radius 2 is 1.70 bits per heavy atom. The molecule has 2 heterocycles. The number of alkyl halides is 3. The van der Waals surface area contributed by atoms with E-state index in [-0.39, 0.29) is 18.2 Å². The van der Waals surface area contributed by atoms with Crippen molar-refractivity contribution in [2.75, 3.05) is 38.2 Å². The van der Waals surface area contributed by atoms with E-state index in [1.807, 2.05) is 58.5 Å². The Hall–Kier alpha value is -3.94. The van der Waals surface area contributed by atoms with E-state index in [0.29, 0.717) is 31.9 Å². The lowest BCUT2D eigenvalue weighted by molar-refractivity contribution is -0.137. The molecule has 0 radical (unpaired) electrons. The van der Waals surface area contributed by atoms with Gasteiger partial charge in [-0.3, -0.25) is 4.79 Å². The van der Waals surface area contributed by atoms with Crippen molar-refractivity contribution >= 4 is 22.5 Å². The quantitative estimate of drug-likeness (QED) is 0.345. The van der Waals surface area contributed by atoms with Gasteiger partial charge in [-0.05, 0) is 47.5 Å². The van der Waals surface area contributed by atoms with Gasteiger partial charge in [0.15, 0.2) is 0 Å².